The van der Waals surface area contributed by atoms with Gasteiger partial charge < -0.3 is 39.3 Å². The molecule has 2 amide bonds. The van der Waals surface area contributed by atoms with Gasteiger partial charge in [-0.25, -0.2) is 29.5 Å². The highest BCUT2D eigenvalue weighted by atomic mass is 32.2. The molecule has 2 saturated heterocycles. The molecule has 16 heteroatoms. The normalized spacial score (nSPS) is 15.9. The molecule has 0 radical (unpaired) electrons. The maximum atomic E-state index is 12.7. The molecule has 6 aromatic rings. The lowest BCUT2D eigenvalue weighted by molar-refractivity contribution is 0.0934. The van der Waals surface area contributed by atoms with E-state index in [0.29, 0.717) is 39.4 Å². The Morgan fingerprint density at radius 1 is 0.597 bits per heavy atom. The van der Waals surface area contributed by atoms with Crippen molar-refractivity contribution in [2.75, 3.05) is 92.7 Å². The van der Waals surface area contributed by atoms with Gasteiger partial charge >= 0.3 is 12.2 Å². The van der Waals surface area contributed by atoms with Gasteiger partial charge in [-0.15, -0.1) is 0 Å². The van der Waals surface area contributed by atoms with Crippen LogP contribution in [0.4, 0.5) is 26.9 Å². The number of hydrogen-bond acceptors (Lipinski definition) is 14. The summed E-state index contributed by atoms with van der Waals surface area (Å²) in [7, 11) is 0. The number of aryl methyl sites for hydroxylation is 1. The van der Waals surface area contributed by atoms with E-state index in [-0.39, 0.29) is 12.2 Å². The Morgan fingerprint density at radius 3 is 1.69 bits per heavy atom. The van der Waals surface area contributed by atoms with Crippen LogP contribution in [-0.2, 0) is 48.6 Å². The van der Waals surface area contributed by atoms with Gasteiger partial charge in [0, 0.05) is 87.6 Å². The van der Waals surface area contributed by atoms with Gasteiger partial charge in [-0.3, -0.25) is 0 Å². The summed E-state index contributed by atoms with van der Waals surface area (Å²) < 4.78 is 11.0. The van der Waals surface area contributed by atoms with Crippen molar-refractivity contribution >= 4 is 63.8 Å². The van der Waals surface area contributed by atoms with Gasteiger partial charge in [0.25, 0.3) is 0 Å². The molecule has 0 atom stereocenters. The Hall–Kier alpha value is -6.10. The molecule has 0 aliphatic carbocycles. The second-order valence-electron chi connectivity index (χ2n) is 17.1. The summed E-state index contributed by atoms with van der Waals surface area (Å²) in [6.45, 7) is 11.7. The van der Waals surface area contributed by atoms with Crippen LogP contribution in [0.25, 0.3) is 10.8 Å². The standard InChI is InChI=1S/C31H33N5O2S.C20H25N5O2S/c1-22-18-24-10-6-7-11-25(24)28(19-22)36-13-12-26-27(20-36)32-30(39-2)33-29(26)34-14-16-35(17-15-34)31(37)38-21-23-8-4-3-5-9-23;1-28-19-22-17-13-21-8-7-16(17)18(23-19)24-9-11-25(12-10-24)20(26)27-14-15-5-3-2-4-6-15/h3-11,18-19H,12-17,20-21H2,1-2H3;2-6,21H,7-14H2,1H3. The first kappa shape index (κ1) is 46.0. The summed E-state index contributed by atoms with van der Waals surface area (Å²) in [5.74, 6) is 2.06. The zero-order valence-electron chi connectivity index (χ0n) is 38.5. The Balaban J connectivity index is 0.000000177. The fourth-order valence-electron chi connectivity index (χ4n) is 9.14. The van der Waals surface area contributed by atoms with Crippen LogP contribution in [0.1, 0.15) is 39.2 Å². The topological polar surface area (TPSA) is 132 Å². The summed E-state index contributed by atoms with van der Waals surface area (Å²) in [5, 5.41) is 7.54. The number of nitrogens with zero attached hydrogens (tertiary/aromatic N) is 9. The molecule has 2 fully saturated rings. The van der Waals surface area contributed by atoms with Crippen LogP contribution in [0.15, 0.2) is 107 Å². The minimum Gasteiger partial charge on any atom is -0.445 e. The van der Waals surface area contributed by atoms with Gasteiger partial charge in [0.2, 0.25) is 0 Å². The number of ether oxygens (including phenoxy) is 2. The molecule has 4 aromatic carbocycles. The van der Waals surface area contributed by atoms with Gasteiger partial charge in [0.1, 0.15) is 24.8 Å². The molecular formula is C51H58N10O4S2. The van der Waals surface area contributed by atoms with Crippen LogP contribution < -0.4 is 20.0 Å². The smallest absolute Gasteiger partial charge is 0.410 e. The van der Waals surface area contributed by atoms with Crippen molar-refractivity contribution < 1.29 is 19.1 Å². The Kier molecular flexibility index (Phi) is 14.9. The number of amides is 2. The minimum atomic E-state index is -0.256. The van der Waals surface area contributed by atoms with E-state index in [1.165, 1.54) is 33.2 Å². The first-order valence-electron chi connectivity index (χ1n) is 23.1. The maximum absolute atomic E-state index is 12.7. The van der Waals surface area contributed by atoms with Crippen molar-refractivity contribution in [2.24, 2.45) is 0 Å². The minimum absolute atomic E-state index is 0.248. The molecular weight excluding hydrogens is 881 g/mol. The van der Waals surface area contributed by atoms with Gasteiger partial charge in [-0.1, -0.05) is 115 Å². The lowest BCUT2D eigenvalue weighted by atomic mass is 10.0. The highest BCUT2D eigenvalue weighted by Crippen LogP contribution is 2.35. The molecule has 1 N–H and O–H groups in total. The quantitative estimate of drug-likeness (QED) is 0.111. The summed E-state index contributed by atoms with van der Waals surface area (Å²) >= 11 is 3.15. The molecule has 67 heavy (non-hydrogen) atoms. The van der Waals surface area contributed by atoms with Gasteiger partial charge in [0.05, 0.1) is 17.9 Å². The molecule has 0 spiro atoms. The number of hydrogen-bond donors (Lipinski definition) is 1. The number of fused-ring (bicyclic) bond motifs is 3. The van der Waals surface area contributed by atoms with E-state index < -0.39 is 0 Å². The second-order valence-corrected chi connectivity index (χ2v) is 18.6. The molecule has 0 saturated carbocycles. The summed E-state index contributed by atoms with van der Waals surface area (Å²) in [4.78, 5) is 55.1. The summed E-state index contributed by atoms with van der Waals surface area (Å²) in [6, 6.07) is 32.7. The monoisotopic (exact) mass is 938 g/mol. The van der Waals surface area contributed by atoms with Gasteiger partial charge in [-0.05, 0) is 67.0 Å². The van der Waals surface area contributed by atoms with Crippen LogP contribution >= 0.6 is 23.5 Å². The zero-order chi connectivity index (χ0) is 46.1. The van der Waals surface area contributed by atoms with Crippen LogP contribution in [0.3, 0.4) is 0 Å². The van der Waals surface area contributed by atoms with E-state index in [2.05, 4.69) is 68.3 Å². The van der Waals surface area contributed by atoms with E-state index in [9.17, 15) is 9.59 Å². The number of carbonyl (C=O) groups excluding carboxylic acids is 2. The Labute approximate surface area is 401 Å². The first-order valence-corrected chi connectivity index (χ1v) is 25.5. The first-order chi connectivity index (χ1) is 32.8. The van der Waals surface area contributed by atoms with Crippen LogP contribution in [0.5, 0.6) is 0 Å². The van der Waals surface area contributed by atoms with Crippen molar-refractivity contribution in [1.29, 1.82) is 0 Å². The predicted molar refractivity (Wildman–Crippen MR) is 267 cm³/mol. The molecule has 2 aromatic heterocycles. The number of aromatic nitrogens is 4. The fraction of sp³-hybridized carbons (Fsp3) is 0.373. The fourth-order valence-corrected chi connectivity index (χ4v) is 9.90. The number of thioether (sulfide) groups is 2. The molecule has 0 bridgehead atoms. The number of nitrogens with one attached hydrogen (secondary N) is 1. The largest absolute Gasteiger partial charge is 0.445 e. The van der Waals surface area contributed by atoms with Crippen LogP contribution in [0.2, 0.25) is 0 Å². The Bertz CT molecular complexity index is 2660. The molecule has 0 unspecified atom stereocenters. The molecule has 348 valence electrons. The number of anilines is 3. The molecule has 4 aliphatic rings. The van der Waals surface area contributed by atoms with E-state index in [4.69, 9.17) is 24.4 Å². The molecule has 6 heterocycles. The highest BCUT2D eigenvalue weighted by molar-refractivity contribution is 7.98. The van der Waals surface area contributed by atoms with Crippen molar-refractivity contribution in [3.63, 3.8) is 0 Å². The zero-order valence-corrected chi connectivity index (χ0v) is 40.2. The van der Waals surface area contributed by atoms with E-state index in [1.54, 1.807) is 33.3 Å². The lowest BCUT2D eigenvalue weighted by Crippen LogP contribution is -2.49. The number of piperazine rings is 2. The lowest BCUT2D eigenvalue weighted by Gasteiger charge is -2.38. The molecule has 4 aliphatic heterocycles. The summed E-state index contributed by atoms with van der Waals surface area (Å²) in [5.41, 5.74) is 9.22. The van der Waals surface area contributed by atoms with E-state index in [1.807, 2.05) is 73.2 Å². The highest BCUT2D eigenvalue weighted by Gasteiger charge is 2.30. The van der Waals surface area contributed by atoms with Crippen LogP contribution in [0, 0.1) is 6.92 Å². The van der Waals surface area contributed by atoms with Crippen molar-refractivity contribution in [3.05, 3.63) is 136 Å². The average molecular weight is 939 g/mol. The van der Waals surface area contributed by atoms with Gasteiger partial charge in [0.15, 0.2) is 10.3 Å². The second kappa shape index (κ2) is 21.7. The van der Waals surface area contributed by atoms with Crippen molar-refractivity contribution in [2.45, 2.75) is 56.4 Å². The third-order valence-corrected chi connectivity index (χ3v) is 13.8. The van der Waals surface area contributed by atoms with E-state index in [0.717, 1.165) is 110 Å². The third-order valence-electron chi connectivity index (χ3n) is 12.7. The Morgan fingerprint density at radius 2 is 1.12 bits per heavy atom. The SMILES string of the molecule is CSc1nc2c(c(N3CCN(C(=O)OCc4ccccc4)CC3)n1)CCN(c1cc(C)cc3ccccc13)C2.CSc1nc2c(c(N3CCN(C(=O)OCc4ccccc4)CC3)n1)CCNC2. The van der Waals surface area contributed by atoms with Crippen molar-refractivity contribution in [3.8, 4) is 0 Å². The molecule has 10 rings (SSSR count). The average Bonchev–Trinajstić information content (AvgIpc) is 3.39. The van der Waals surface area contributed by atoms with Crippen molar-refractivity contribution in [1.82, 2.24) is 35.1 Å². The van der Waals surface area contributed by atoms with Gasteiger partial charge in [-0.2, -0.15) is 0 Å². The maximum Gasteiger partial charge on any atom is 0.410 e. The number of rotatable bonds is 9. The van der Waals surface area contributed by atoms with E-state index >= 15 is 0 Å². The summed E-state index contributed by atoms with van der Waals surface area (Å²) in [6.07, 6.45) is 5.36. The number of benzene rings is 4. The molecule has 14 nitrogen and oxygen atoms in total. The third kappa shape index (κ3) is 11.0. The van der Waals surface area contributed by atoms with Crippen LogP contribution in [-0.4, -0.2) is 120 Å². The number of carbonyl (C=O) groups is 2. The predicted octanol–water partition coefficient (Wildman–Crippen LogP) is 7.98.